The number of nitrogens with zero attached hydrogens (tertiary/aromatic N) is 4. The second kappa shape index (κ2) is 6.67. The molecule has 1 aromatic carbocycles. The molecule has 30 heavy (non-hydrogen) atoms. The Labute approximate surface area is 177 Å². The fourth-order valence-corrected chi connectivity index (χ4v) is 5.24. The molecule has 0 amide bonds. The van der Waals surface area contributed by atoms with E-state index in [1.54, 1.807) is 30.0 Å². The first-order chi connectivity index (χ1) is 14.4. The van der Waals surface area contributed by atoms with Gasteiger partial charge in [0.1, 0.15) is 5.01 Å². The van der Waals surface area contributed by atoms with E-state index in [1.807, 2.05) is 37.4 Å². The Kier molecular flexibility index (Phi) is 4.18. The number of hydrogen-bond acceptors (Lipinski definition) is 4. The molecule has 5 rings (SSSR count). The zero-order valence-electron chi connectivity index (χ0n) is 17.4. The molecule has 4 heterocycles. The van der Waals surface area contributed by atoms with Gasteiger partial charge in [-0.2, -0.15) is 0 Å². The molecular weight excluding hydrogens is 396 g/mol. The maximum Gasteiger partial charge on any atom is 0.331 e. The highest BCUT2D eigenvalue weighted by Gasteiger charge is 2.29. The highest BCUT2D eigenvalue weighted by Crippen LogP contribution is 2.40. The lowest BCUT2D eigenvalue weighted by molar-refractivity contribution is 0.695. The van der Waals surface area contributed by atoms with Crippen molar-refractivity contribution in [1.29, 1.82) is 0 Å². The van der Waals surface area contributed by atoms with Crippen LogP contribution in [0.15, 0.2) is 45.3 Å². The molecule has 0 fully saturated rings. The monoisotopic (exact) mass is 418 g/mol. The van der Waals surface area contributed by atoms with Gasteiger partial charge in [-0.25, -0.2) is 9.78 Å². The number of fused-ring (bicyclic) bond motifs is 3. The molecule has 3 aromatic heterocycles. The number of allylic oxidation sites excluding steroid dienone is 1. The molecule has 0 atom stereocenters. The largest absolute Gasteiger partial charge is 0.338 e. The third kappa shape index (κ3) is 2.58. The number of thiazole rings is 1. The van der Waals surface area contributed by atoms with Crippen LogP contribution in [0.2, 0.25) is 0 Å². The van der Waals surface area contributed by atoms with Gasteiger partial charge in [-0.3, -0.25) is 13.9 Å². The van der Waals surface area contributed by atoms with Gasteiger partial charge in [-0.1, -0.05) is 29.8 Å². The molecule has 4 aromatic rings. The molecule has 0 N–H and O–H groups in total. The Morgan fingerprint density at radius 3 is 2.57 bits per heavy atom. The number of hydrogen-bond donors (Lipinski definition) is 0. The van der Waals surface area contributed by atoms with Crippen LogP contribution in [0.4, 0.5) is 0 Å². The van der Waals surface area contributed by atoms with Crippen molar-refractivity contribution in [2.24, 2.45) is 14.1 Å². The van der Waals surface area contributed by atoms with Crippen molar-refractivity contribution in [1.82, 2.24) is 18.7 Å². The predicted octanol–water partition coefficient (Wildman–Crippen LogP) is 3.61. The zero-order chi connectivity index (χ0) is 21.2. The average molecular weight is 419 g/mol. The Bertz CT molecular complexity index is 1480. The molecule has 0 saturated heterocycles. The van der Waals surface area contributed by atoms with Gasteiger partial charge in [-0.05, 0) is 31.9 Å². The van der Waals surface area contributed by atoms with Gasteiger partial charge in [0.25, 0.3) is 5.56 Å². The van der Waals surface area contributed by atoms with Crippen LogP contribution in [0.1, 0.15) is 28.4 Å². The topological polar surface area (TPSA) is 61.8 Å². The number of aromatic nitrogens is 4. The molecule has 152 valence electrons. The first kappa shape index (κ1) is 18.8. The SMILES string of the molecule is Cc1cccc(-c2c3c(=O)n(C)c(=O)n(C)c3c3n2CCC=C3c2nc(C)cs2)c1. The van der Waals surface area contributed by atoms with E-state index in [-0.39, 0.29) is 11.2 Å². The number of benzene rings is 1. The fourth-order valence-electron chi connectivity index (χ4n) is 4.40. The quantitative estimate of drug-likeness (QED) is 0.500. The van der Waals surface area contributed by atoms with Crippen LogP contribution in [0.5, 0.6) is 0 Å². The van der Waals surface area contributed by atoms with Gasteiger partial charge in [0.15, 0.2) is 0 Å². The third-order valence-corrected chi connectivity index (χ3v) is 6.76. The van der Waals surface area contributed by atoms with Crippen LogP contribution in [-0.4, -0.2) is 18.7 Å². The van der Waals surface area contributed by atoms with Gasteiger partial charge >= 0.3 is 5.69 Å². The molecule has 0 bridgehead atoms. The lowest BCUT2D eigenvalue weighted by Gasteiger charge is -2.19. The van der Waals surface area contributed by atoms with Crippen molar-refractivity contribution in [3.63, 3.8) is 0 Å². The number of aryl methyl sites for hydroxylation is 3. The Morgan fingerprint density at radius 2 is 1.87 bits per heavy atom. The van der Waals surface area contributed by atoms with E-state index in [4.69, 9.17) is 4.98 Å². The molecule has 0 radical (unpaired) electrons. The van der Waals surface area contributed by atoms with Crippen LogP contribution >= 0.6 is 11.3 Å². The lowest BCUT2D eigenvalue weighted by Crippen LogP contribution is -2.36. The number of rotatable bonds is 2. The summed E-state index contributed by atoms with van der Waals surface area (Å²) in [6, 6.07) is 8.18. The first-order valence-corrected chi connectivity index (χ1v) is 10.8. The minimum absolute atomic E-state index is 0.263. The molecule has 0 spiro atoms. The Morgan fingerprint density at radius 1 is 1.07 bits per heavy atom. The zero-order valence-corrected chi connectivity index (χ0v) is 18.2. The summed E-state index contributed by atoms with van der Waals surface area (Å²) in [5.74, 6) is 0. The van der Waals surface area contributed by atoms with E-state index < -0.39 is 0 Å². The summed E-state index contributed by atoms with van der Waals surface area (Å²) in [5.41, 5.74) is 5.94. The minimum Gasteiger partial charge on any atom is -0.338 e. The predicted molar refractivity (Wildman–Crippen MR) is 121 cm³/mol. The first-order valence-electron chi connectivity index (χ1n) is 9.90. The van der Waals surface area contributed by atoms with Gasteiger partial charge in [-0.15, -0.1) is 11.3 Å². The second-order valence-corrected chi connectivity index (χ2v) is 8.71. The standard InChI is InChI=1S/C23H22N4O2S/c1-13-7-5-8-15(11-13)18-17-20(25(3)23(29)26(4)22(17)28)19-16(9-6-10-27(18)19)21-24-14(2)12-30-21/h5,7-9,11-12H,6,10H2,1-4H3. The minimum atomic E-state index is -0.322. The van der Waals surface area contributed by atoms with Crippen molar-refractivity contribution in [2.45, 2.75) is 26.8 Å². The van der Waals surface area contributed by atoms with Crippen LogP contribution in [0.3, 0.4) is 0 Å². The average Bonchev–Trinajstić information content (AvgIpc) is 3.32. The van der Waals surface area contributed by atoms with Gasteiger partial charge < -0.3 is 4.57 Å². The van der Waals surface area contributed by atoms with Gasteiger partial charge in [0.05, 0.1) is 22.3 Å². The molecule has 0 saturated carbocycles. The highest BCUT2D eigenvalue weighted by atomic mass is 32.1. The fraction of sp³-hybridized carbons (Fsp3) is 0.261. The Hall–Kier alpha value is -3.19. The molecular formula is C23H22N4O2S. The van der Waals surface area contributed by atoms with Crippen molar-refractivity contribution in [2.75, 3.05) is 0 Å². The van der Waals surface area contributed by atoms with Crippen LogP contribution in [0.25, 0.3) is 27.7 Å². The third-order valence-electron chi connectivity index (χ3n) is 5.76. The van der Waals surface area contributed by atoms with E-state index in [9.17, 15) is 9.59 Å². The van der Waals surface area contributed by atoms with Crippen LogP contribution in [0, 0.1) is 13.8 Å². The smallest absolute Gasteiger partial charge is 0.331 e. The molecule has 6 nitrogen and oxygen atoms in total. The molecule has 7 heteroatoms. The summed E-state index contributed by atoms with van der Waals surface area (Å²) < 4.78 is 5.00. The van der Waals surface area contributed by atoms with Crippen molar-refractivity contribution >= 4 is 27.8 Å². The normalized spacial score (nSPS) is 13.5. The summed E-state index contributed by atoms with van der Waals surface area (Å²) in [7, 11) is 3.28. The van der Waals surface area contributed by atoms with Crippen LogP contribution < -0.4 is 11.2 Å². The maximum absolute atomic E-state index is 13.3. The van der Waals surface area contributed by atoms with Crippen LogP contribution in [-0.2, 0) is 20.6 Å². The van der Waals surface area contributed by atoms with E-state index in [2.05, 4.69) is 16.7 Å². The summed E-state index contributed by atoms with van der Waals surface area (Å²) in [4.78, 5) is 30.9. The molecule has 1 aliphatic heterocycles. The van der Waals surface area contributed by atoms with Gasteiger partial charge in [0.2, 0.25) is 0 Å². The molecule has 1 aliphatic rings. The van der Waals surface area contributed by atoms with Crippen molar-refractivity contribution in [3.8, 4) is 11.3 Å². The maximum atomic E-state index is 13.3. The van der Waals surface area contributed by atoms with E-state index in [0.717, 1.165) is 51.8 Å². The second-order valence-electron chi connectivity index (χ2n) is 7.85. The molecule has 0 aliphatic carbocycles. The summed E-state index contributed by atoms with van der Waals surface area (Å²) in [5, 5.41) is 3.53. The van der Waals surface area contributed by atoms with Gasteiger partial charge in [0, 0.05) is 37.3 Å². The van der Waals surface area contributed by atoms with E-state index in [1.165, 1.54) is 4.57 Å². The Balaban J connectivity index is 1.99. The lowest BCUT2D eigenvalue weighted by atomic mass is 10.1. The van der Waals surface area contributed by atoms with Crippen molar-refractivity contribution < 1.29 is 0 Å². The summed E-state index contributed by atoms with van der Waals surface area (Å²) in [6.45, 7) is 4.77. The summed E-state index contributed by atoms with van der Waals surface area (Å²) >= 11 is 1.59. The van der Waals surface area contributed by atoms with E-state index >= 15 is 0 Å². The highest BCUT2D eigenvalue weighted by molar-refractivity contribution is 7.10. The summed E-state index contributed by atoms with van der Waals surface area (Å²) in [6.07, 6.45) is 3.02. The van der Waals surface area contributed by atoms with Crippen molar-refractivity contribution in [3.05, 3.63) is 78.5 Å². The van der Waals surface area contributed by atoms with E-state index in [0.29, 0.717) is 10.9 Å². The molecule has 0 unspecified atom stereocenters.